The number of likely N-dealkylation sites (N-methyl/N-ethyl adjacent to an activating group) is 1. The molecule has 0 radical (unpaired) electrons. The molecule has 2 heterocycles. The van der Waals surface area contributed by atoms with E-state index in [4.69, 9.17) is 16.6 Å². The molecule has 0 saturated carbocycles. The molecule has 2 aromatic carbocycles. The van der Waals surface area contributed by atoms with E-state index in [-0.39, 0.29) is 11.9 Å². The smallest absolute Gasteiger partial charge is 0.269 e. The molecular formula is C22H22ClN3OS2. The number of benzene rings is 2. The van der Waals surface area contributed by atoms with Gasteiger partial charge < -0.3 is 4.90 Å². The van der Waals surface area contributed by atoms with Crippen LogP contribution in [-0.2, 0) is 4.79 Å². The maximum atomic E-state index is 13.2. The number of hydrogen-bond acceptors (Lipinski definition) is 5. The number of hydrogen-bond donors (Lipinski definition) is 0. The van der Waals surface area contributed by atoms with Crippen molar-refractivity contribution in [3.63, 3.8) is 0 Å². The Balaban J connectivity index is 1.71. The number of rotatable bonds is 4. The topological polar surface area (TPSA) is 35.9 Å². The quantitative estimate of drug-likeness (QED) is 0.530. The average Bonchev–Trinajstić information content (AvgIpc) is 3.24. The lowest BCUT2D eigenvalue weighted by Gasteiger charge is -2.19. The molecule has 1 fully saturated rings. The SMILES string of the molecule is CCN1C(=O)/C(=C2/Sc3ccc(Cl)cc3N2CC)SC1=NC(C)c1ccccc1. The van der Waals surface area contributed by atoms with E-state index in [1.54, 1.807) is 16.7 Å². The number of carbonyl (C=O) groups is 1. The van der Waals surface area contributed by atoms with Crippen LogP contribution in [0, 0.1) is 0 Å². The normalized spacial score (nSPS) is 21.2. The molecule has 29 heavy (non-hydrogen) atoms. The molecule has 0 aromatic heterocycles. The summed E-state index contributed by atoms with van der Waals surface area (Å²) in [5.41, 5.74) is 2.20. The first kappa shape index (κ1) is 20.4. The summed E-state index contributed by atoms with van der Waals surface area (Å²) in [6.07, 6.45) is 0. The predicted molar refractivity (Wildman–Crippen MR) is 125 cm³/mol. The molecule has 150 valence electrons. The summed E-state index contributed by atoms with van der Waals surface area (Å²) < 4.78 is 0. The molecule has 4 nitrogen and oxygen atoms in total. The van der Waals surface area contributed by atoms with Gasteiger partial charge in [0.15, 0.2) is 5.17 Å². The Bertz CT molecular complexity index is 1010. The van der Waals surface area contributed by atoms with Crippen LogP contribution < -0.4 is 4.90 Å². The Labute approximate surface area is 185 Å². The van der Waals surface area contributed by atoms with Crippen LogP contribution in [0.15, 0.2) is 68.4 Å². The highest BCUT2D eigenvalue weighted by Crippen LogP contribution is 2.51. The second kappa shape index (κ2) is 8.46. The summed E-state index contributed by atoms with van der Waals surface area (Å²) in [5.74, 6) is 0.0244. The summed E-state index contributed by atoms with van der Waals surface area (Å²) in [4.78, 5) is 23.9. The largest absolute Gasteiger partial charge is 0.334 e. The molecular weight excluding hydrogens is 422 g/mol. The zero-order chi connectivity index (χ0) is 20.5. The maximum Gasteiger partial charge on any atom is 0.269 e. The lowest BCUT2D eigenvalue weighted by atomic mass is 10.1. The minimum atomic E-state index is -0.0144. The van der Waals surface area contributed by atoms with Crippen LogP contribution in [0.3, 0.4) is 0 Å². The molecule has 4 rings (SSSR count). The van der Waals surface area contributed by atoms with Gasteiger partial charge in [0, 0.05) is 23.0 Å². The molecule has 0 N–H and O–H groups in total. The number of carbonyl (C=O) groups excluding carboxylic acids is 1. The van der Waals surface area contributed by atoms with Gasteiger partial charge >= 0.3 is 0 Å². The van der Waals surface area contributed by atoms with Crippen LogP contribution >= 0.6 is 35.1 Å². The number of anilines is 1. The Morgan fingerprint density at radius 3 is 2.45 bits per heavy atom. The van der Waals surface area contributed by atoms with Gasteiger partial charge in [0.05, 0.1) is 11.7 Å². The van der Waals surface area contributed by atoms with Gasteiger partial charge in [-0.1, -0.05) is 53.7 Å². The molecule has 1 unspecified atom stereocenters. The third-order valence-corrected chi connectivity index (χ3v) is 7.57. The molecule has 2 aliphatic rings. The molecule has 0 bridgehead atoms. The van der Waals surface area contributed by atoms with Crippen molar-refractivity contribution in [3.05, 3.63) is 69.1 Å². The van der Waals surface area contributed by atoms with Crippen molar-refractivity contribution in [3.8, 4) is 0 Å². The highest BCUT2D eigenvalue weighted by molar-refractivity contribution is 8.19. The molecule has 1 amide bonds. The van der Waals surface area contributed by atoms with Crippen molar-refractivity contribution in [2.24, 2.45) is 4.99 Å². The molecule has 2 aliphatic heterocycles. The van der Waals surface area contributed by atoms with Gasteiger partial charge in [0.1, 0.15) is 9.93 Å². The van der Waals surface area contributed by atoms with Gasteiger partial charge in [-0.2, -0.15) is 0 Å². The number of fused-ring (bicyclic) bond motifs is 1. The average molecular weight is 444 g/mol. The van der Waals surface area contributed by atoms with Crippen molar-refractivity contribution in [1.82, 2.24) is 4.90 Å². The van der Waals surface area contributed by atoms with Crippen molar-refractivity contribution in [2.45, 2.75) is 31.7 Å². The second-order valence-corrected chi connectivity index (χ2v) is 9.19. The van der Waals surface area contributed by atoms with E-state index >= 15 is 0 Å². The zero-order valence-electron chi connectivity index (χ0n) is 16.6. The molecule has 1 saturated heterocycles. The summed E-state index contributed by atoms with van der Waals surface area (Å²) in [7, 11) is 0. The van der Waals surface area contributed by atoms with Crippen LogP contribution in [0.2, 0.25) is 5.02 Å². The minimum Gasteiger partial charge on any atom is -0.334 e. The fraction of sp³-hybridized carbons (Fsp3) is 0.273. The fourth-order valence-electron chi connectivity index (χ4n) is 3.42. The highest BCUT2D eigenvalue weighted by atomic mass is 35.5. The summed E-state index contributed by atoms with van der Waals surface area (Å²) in [6, 6.07) is 16.0. The number of amidine groups is 1. The van der Waals surface area contributed by atoms with E-state index in [0.717, 1.165) is 37.8 Å². The van der Waals surface area contributed by atoms with Crippen molar-refractivity contribution < 1.29 is 4.79 Å². The lowest BCUT2D eigenvalue weighted by Crippen LogP contribution is -2.30. The Kier molecular flexibility index (Phi) is 5.95. The first-order valence-electron chi connectivity index (χ1n) is 9.65. The first-order valence-corrected chi connectivity index (χ1v) is 11.7. The van der Waals surface area contributed by atoms with E-state index in [1.165, 1.54) is 11.8 Å². The van der Waals surface area contributed by atoms with Gasteiger partial charge in [0.2, 0.25) is 0 Å². The third-order valence-electron chi connectivity index (χ3n) is 4.94. The Morgan fingerprint density at radius 1 is 1.03 bits per heavy atom. The van der Waals surface area contributed by atoms with Gasteiger partial charge in [-0.15, -0.1) is 0 Å². The van der Waals surface area contributed by atoms with Gasteiger partial charge in [-0.05, 0) is 56.3 Å². The van der Waals surface area contributed by atoms with Crippen molar-refractivity contribution in [1.29, 1.82) is 0 Å². The van der Waals surface area contributed by atoms with Crippen LogP contribution in [0.25, 0.3) is 0 Å². The third kappa shape index (κ3) is 3.81. The van der Waals surface area contributed by atoms with Crippen LogP contribution in [0.5, 0.6) is 0 Å². The number of amides is 1. The highest BCUT2D eigenvalue weighted by Gasteiger charge is 2.39. The van der Waals surface area contributed by atoms with Crippen molar-refractivity contribution >= 4 is 51.9 Å². The van der Waals surface area contributed by atoms with Gasteiger partial charge in [-0.25, -0.2) is 0 Å². The number of aliphatic imine (C=N–C) groups is 1. The molecule has 1 atom stereocenters. The Morgan fingerprint density at radius 2 is 1.76 bits per heavy atom. The number of halogens is 1. The summed E-state index contributed by atoms with van der Waals surface area (Å²) >= 11 is 9.32. The maximum absolute atomic E-state index is 13.2. The van der Waals surface area contributed by atoms with E-state index in [1.807, 2.05) is 43.3 Å². The zero-order valence-corrected chi connectivity index (χ0v) is 18.9. The number of nitrogens with zero attached hydrogens (tertiary/aromatic N) is 3. The Hall–Kier alpha value is -1.89. The van der Waals surface area contributed by atoms with E-state index in [2.05, 4.69) is 30.9 Å². The molecule has 0 aliphatic carbocycles. The standard InChI is InChI=1S/C22H22ClN3OS2/c1-4-25-17-13-16(23)11-12-18(17)28-21(25)19-20(27)26(5-2)22(29-19)24-14(3)15-9-7-6-8-10-15/h6-14H,4-5H2,1-3H3/b21-19-,24-22?. The summed E-state index contributed by atoms with van der Waals surface area (Å²) in [6.45, 7) is 7.51. The molecule has 0 spiro atoms. The summed E-state index contributed by atoms with van der Waals surface area (Å²) in [5, 5.41) is 2.44. The van der Waals surface area contributed by atoms with Crippen LogP contribution in [0.1, 0.15) is 32.4 Å². The first-order chi connectivity index (χ1) is 14.0. The van der Waals surface area contributed by atoms with E-state index in [9.17, 15) is 4.79 Å². The van der Waals surface area contributed by atoms with Gasteiger partial charge in [-0.3, -0.25) is 14.7 Å². The molecule has 7 heteroatoms. The van der Waals surface area contributed by atoms with Crippen LogP contribution in [-0.4, -0.2) is 29.1 Å². The lowest BCUT2D eigenvalue weighted by molar-refractivity contribution is -0.122. The second-order valence-electron chi connectivity index (χ2n) is 6.74. The van der Waals surface area contributed by atoms with Gasteiger partial charge in [0.25, 0.3) is 5.91 Å². The van der Waals surface area contributed by atoms with E-state index in [0.29, 0.717) is 11.6 Å². The number of thioether (sulfide) groups is 2. The van der Waals surface area contributed by atoms with E-state index < -0.39 is 0 Å². The van der Waals surface area contributed by atoms with Crippen LogP contribution in [0.4, 0.5) is 5.69 Å². The molecule has 2 aromatic rings. The minimum absolute atomic E-state index is 0.0144. The fourth-order valence-corrected chi connectivity index (χ4v) is 6.08. The predicted octanol–water partition coefficient (Wildman–Crippen LogP) is 6.15. The monoisotopic (exact) mass is 443 g/mol. The van der Waals surface area contributed by atoms with Crippen molar-refractivity contribution in [2.75, 3.05) is 18.0 Å².